The highest BCUT2D eigenvalue weighted by atomic mass is 19.1. The minimum absolute atomic E-state index is 0.0532. The summed E-state index contributed by atoms with van der Waals surface area (Å²) in [6.07, 6.45) is 3.58. The van der Waals surface area contributed by atoms with Crippen molar-refractivity contribution in [2.75, 3.05) is 6.61 Å². The van der Waals surface area contributed by atoms with Crippen LogP contribution in [0.5, 0.6) is 5.75 Å². The fourth-order valence-electron chi connectivity index (χ4n) is 1.73. The van der Waals surface area contributed by atoms with E-state index in [0.29, 0.717) is 0 Å². The summed E-state index contributed by atoms with van der Waals surface area (Å²) < 4.78 is 32.5. The molecule has 0 atom stereocenters. The quantitative estimate of drug-likeness (QED) is 0.739. The van der Waals surface area contributed by atoms with Crippen LogP contribution in [0.1, 0.15) is 38.2 Å². The summed E-state index contributed by atoms with van der Waals surface area (Å²) in [5.74, 6) is -2.69. The maximum atomic E-state index is 13.9. The Hall–Kier alpha value is -1.65. The molecule has 0 spiro atoms. The number of benzene rings is 1. The van der Waals surface area contributed by atoms with Crippen molar-refractivity contribution < 1.29 is 18.3 Å². The summed E-state index contributed by atoms with van der Waals surface area (Å²) in [6, 6.07) is 2.29. The minimum atomic E-state index is -0.839. The van der Waals surface area contributed by atoms with E-state index < -0.39 is 23.3 Å². The van der Waals surface area contributed by atoms with Gasteiger partial charge in [-0.1, -0.05) is 32.3 Å². The number of ether oxygens (including phenoxy) is 1. The molecule has 19 heavy (non-hydrogen) atoms. The van der Waals surface area contributed by atoms with Gasteiger partial charge in [0.2, 0.25) is 5.91 Å². The van der Waals surface area contributed by atoms with Crippen molar-refractivity contribution in [1.82, 2.24) is 0 Å². The van der Waals surface area contributed by atoms with E-state index in [9.17, 15) is 13.6 Å². The second-order valence-corrected chi connectivity index (χ2v) is 4.40. The van der Waals surface area contributed by atoms with Crippen molar-refractivity contribution in [2.45, 2.75) is 39.0 Å². The van der Waals surface area contributed by atoms with E-state index in [4.69, 9.17) is 10.5 Å². The summed E-state index contributed by atoms with van der Waals surface area (Å²) in [5, 5.41) is 0. The van der Waals surface area contributed by atoms with Gasteiger partial charge in [0, 0.05) is 5.56 Å². The summed E-state index contributed by atoms with van der Waals surface area (Å²) >= 11 is 0. The molecular weight excluding hydrogens is 252 g/mol. The number of carbonyl (C=O) groups excluding carboxylic acids is 1. The molecule has 0 heterocycles. The van der Waals surface area contributed by atoms with Gasteiger partial charge in [0.15, 0.2) is 17.4 Å². The molecule has 2 N–H and O–H groups in total. The normalized spacial score (nSPS) is 10.5. The summed E-state index contributed by atoms with van der Waals surface area (Å²) in [4.78, 5) is 10.8. The van der Waals surface area contributed by atoms with E-state index in [2.05, 4.69) is 6.92 Å². The lowest BCUT2D eigenvalue weighted by Crippen LogP contribution is -2.15. The first-order chi connectivity index (χ1) is 9.06. The third-order valence-electron chi connectivity index (χ3n) is 2.74. The molecule has 1 aromatic carbocycles. The molecular formula is C14H19F2NO2. The van der Waals surface area contributed by atoms with Crippen LogP contribution in [0.25, 0.3) is 0 Å². The van der Waals surface area contributed by atoms with Gasteiger partial charge in [-0.2, -0.15) is 0 Å². The Labute approximate surface area is 111 Å². The molecule has 0 saturated heterocycles. The number of hydrogen-bond donors (Lipinski definition) is 1. The molecule has 0 aromatic heterocycles. The van der Waals surface area contributed by atoms with Gasteiger partial charge in [-0.15, -0.1) is 0 Å². The summed E-state index contributed by atoms with van der Waals surface area (Å²) in [7, 11) is 0. The van der Waals surface area contributed by atoms with Gasteiger partial charge in [0.05, 0.1) is 13.0 Å². The van der Waals surface area contributed by atoms with Crippen LogP contribution in [0, 0.1) is 11.6 Å². The average Bonchev–Trinajstić information content (AvgIpc) is 2.36. The molecule has 1 aromatic rings. The topological polar surface area (TPSA) is 52.3 Å². The van der Waals surface area contributed by atoms with Crippen LogP contribution < -0.4 is 10.5 Å². The number of rotatable bonds is 8. The number of primary amides is 1. The Kier molecular flexibility index (Phi) is 6.25. The molecule has 0 aliphatic heterocycles. The molecule has 0 unspecified atom stereocenters. The molecule has 5 heteroatoms. The molecule has 1 rings (SSSR count). The Balaban J connectivity index is 2.67. The van der Waals surface area contributed by atoms with Gasteiger partial charge in [-0.05, 0) is 12.5 Å². The SMILES string of the molecule is CCCCCCOc1c(F)ccc(CC(N)=O)c1F. The average molecular weight is 271 g/mol. The monoisotopic (exact) mass is 271 g/mol. The first kappa shape index (κ1) is 15.4. The van der Waals surface area contributed by atoms with E-state index in [1.54, 1.807) is 0 Å². The van der Waals surface area contributed by atoms with Crippen molar-refractivity contribution in [1.29, 1.82) is 0 Å². The number of hydrogen-bond acceptors (Lipinski definition) is 2. The van der Waals surface area contributed by atoms with Crippen LogP contribution in [-0.4, -0.2) is 12.5 Å². The molecule has 0 aliphatic carbocycles. The second-order valence-electron chi connectivity index (χ2n) is 4.40. The van der Waals surface area contributed by atoms with E-state index in [0.717, 1.165) is 31.7 Å². The molecule has 0 aliphatic rings. The Morgan fingerprint density at radius 1 is 1.26 bits per heavy atom. The van der Waals surface area contributed by atoms with Crippen LogP contribution >= 0.6 is 0 Å². The highest BCUT2D eigenvalue weighted by Crippen LogP contribution is 2.25. The van der Waals surface area contributed by atoms with E-state index >= 15 is 0 Å². The van der Waals surface area contributed by atoms with Gasteiger partial charge in [0.1, 0.15) is 0 Å². The largest absolute Gasteiger partial charge is 0.488 e. The van der Waals surface area contributed by atoms with Crippen LogP contribution in [0.4, 0.5) is 8.78 Å². The van der Waals surface area contributed by atoms with Gasteiger partial charge >= 0.3 is 0 Å². The molecule has 3 nitrogen and oxygen atoms in total. The lowest BCUT2D eigenvalue weighted by Gasteiger charge is -2.10. The first-order valence-corrected chi connectivity index (χ1v) is 6.44. The number of halogens is 2. The smallest absolute Gasteiger partial charge is 0.221 e. The van der Waals surface area contributed by atoms with Crippen molar-refractivity contribution in [3.63, 3.8) is 0 Å². The fourth-order valence-corrected chi connectivity index (χ4v) is 1.73. The number of nitrogens with two attached hydrogens (primary N) is 1. The van der Waals surface area contributed by atoms with Gasteiger partial charge < -0.3 is 10.5 Å². The minimum Gasteiger partial charge on any atom is -0.488 e. The molecule has 0 bridgehead atoms. The molecule has 0 radical (unpaired) electrons. The zero-order valence-corrected chi connectivity index (χ0v) is 11.0. The fraction of sp³-hybridized carbons (Fsp3) is 0.500. The highest BCUT2D eigenvalue weighted by Gasteiger charge is 2.16. The maximum absolute atomic E-state index is 13.9. The number of unbranched alkanes of at least 4 members (excludes halogenated alkanes) is 3. The molecule has 0 fully saturated rings. The Bertz CT molecular complexity index is 436. The van der Waals surface area contributed by atoms with Crippen molar-refractivity contribution in [2.24, 2.45) is 5.73 Å². The third kappa shape index (κ3) is 4.85. The van der Waals surface area contributed by atoms with Gasteiger partial charge in [-0.3, -0.25) is 4.79 Å². The lowest BCUT2D eigenvalue weighted by atomic mass is 10.1. The van der Waals surface area contributed by atoms with Crippen molar-refractivity contribution >= 4 is 5.91 Å². The molecule has 106 valence electrons. The van der Waals surface area contributed by atoms with Crippen molar-refractivity contribution in [3.8, 4) is 5.75 Å². The number of amides is 1. The van der Waals surface area contributed by atoms with Gasteiger partial charge in [-0.25, -0.2) is 8.78 Å². The standard InChI is InChI=1S/C14H19F2NO2/c1-2-3-4-5-8-19-14-11(15)7-6-10(13(14)16)9-12(17)18/h6-7H,2-5,8-9H2,1H3,(H2,17,18). The third-order valence-corrected chi connectivity index (χ3v) is 2.74. The van der Waals surface area contributed by atoms with Gasteiger partial charge in [0.25, 0.3) is 0 Å². The molecule has 0 saturated carbocycles. The maximum Gasteiger partial charge on any atom is 0.221 e. The van der Waals surface area contributed by atoms with Crippen LogP contribution in [0.3, 0.4) is 0 Å². The van der Waals surface area contributed by atoms with Crippen LogP contribution in [0.15, 0.2) is 12.1 Å². The Morgan fingerprint density at radius 3 is 2.63 bits per heavy atom. The van der Waals surface area contributed by atoms with Crippen LogP contribution in [-0.2, 0) is 11.2 Å². The molecule has 1 amide bonds. The highest BCUT2D eigenvalue weighted by molar-refractivity contribution is 5.76. The number of carbonyl (C=O) groups is 1. The predicted molar refractivity (Wildman–Crippen MR) is 68.9 cm³/mol. The predicted octanol–water partition coefficient (Wildman–Crippen LogP) is 2.95. The summed E-state index contributed by atoms with van der Waals surface area (Å²) in [5.41, 5.74) is 5.05. The van der Waals surface area contributed by atoms with Crippen LogP contribution in [0.2, 0.25) is 0 Å². The van der Waals surface area contributed by atoms with E-state index in [1.165, 1.54) is 6.07 Å². The summed E-state index contributed by atoms with van der Waals surface area (Å²) in [6.45, 7) is 2.33. The zero-order chi connectivity index (χ0) is 14.3. The van der Waals surface area contributed by atoms with Crippen molar-refractivity contribution in [3.05, 3.63) is 29.3 Å². The zero-order valence-electron chi connectivity index (χ0n) is 11.0. The van der Waals surface area contributed by atoms with E-state index in [1.807, 2.05) is 0 Å². The first-order valence-electron chi connectivity index (χ1n) is 6.44. The second kappa shape index (κ2) is 7.71. The Morgan fingerprint density at radius 2 is 2.00 bits per heavy atom. The lowest BCUT2D eigenvalue weighted by molar-refractivity contribution is -0.117. The van der Waals surface area contributed by atoms with E-state index in [-0.39, 0.29) is 18.6 Å².